The number of nitrogens with zero attached hydrogens (tertiary/aromatic N) is 2. The van der Waals surface area contributed by atoms with Crippen LogP contribution in [0.3, 0.4) is 0 Å². The SMILES string of the molecule is O=C(c1ncc(Cl)cc1NS(=O)(=O)c1ccc(Cl)c(C(F)(F)F)c1)N1CCOc2c(F)cccc21. The number of benzene rings is 2. The van der Waals surface area contributed by atoms with Gasteiger partial charge in [-0.15, -0.1) is 0 Å². The Labute approximate surface area is 206 Å². The van der Waals surface area contributed by atoms with Gasteiger partial charge in [0.05, 0.1) is 38.4 Å². The normalized spacial score (nSPS) is 13.7. The molecule has 184 valence electrons. The minimum Gasteiger partial charge on any atom is -0.486 e. The molecule has 0 atom stereocenters. The Bertz CT molecular complexity index is 1430. The van der Waals surface area contributed by atoms with Crippen LogP contribution in [0.4, 0.5) is 28.9 Å². The highest BCUT2D eigenvalue weighted by atomic mass is 35.5. The van der Waals surface area contributed by atoms with Crippen molar-refractivity contribution in [1.29, 1.82) is 0 Å². The van der Waals surface area contributed by atoms with Crippen molar-refractivity contribution in [2.45, 2.75) is 11.1 Å². The van der Waals surface area contributed by atoms with E-state index in [-0.39, 0.29) is 29.6 Å². The van der Waals surface area contributed by atoms with Crippen LogP contribution < -0.4 is 14.4 Å². The molecule has 0 aliphatic carbocycles. The third-order valence-electron chi connectivity index (χ3n) is 4.90. The van der Waals surface area contributed by atoms with Gasteiger partial charge in [-0.3, -0.25) is 14.4 Å². The number of nitrogens with one attached hydrogen (secondary N) is 1. The molecule has 1 aromatic heterocycles. The van der Waals surface area contributed by atoms with E-state index in [0.29, 0.717) is 6.07 Å². The highest BCUT2D eigenvalue weighted by Crippen LogP contribution is 2.37. The minimum atomic E-state index is -4.90. The molecular weight excluding hydrogens is 537 g/mol. The Balaban J connectivity index is 1.73. The Morgan fingerprint density at radius 1 is 1.14 bits per heavy atom. The molecule has 35 heavy (non-hydrogen) atoms. The van der Waals surface area contributed by atoms with Crippen LogP contribution in [-0.4, -0.2) is 32.5 Å². The number of fused-ring (bicyclic) bond motifs is 1. The number of ether oxygens (including phenoxy) is 1. The zero-order chi connectivity index (χ0) is 25.5. The lowest BCUT2D eigenvalue weighted by Gasteiger charge is -2.29. The summed E-state index contributed by atoms with van der Waals surface area (Å²) < 4.78 is 86.9. The summed E-state index contributed by atoms with van der Waals surface area (Å²) in [6.07, 6.45) is -3.82. The summed E-state index contributed by atoms with van der Waals surface area (Å²) in [5.41, 5.74) is -2.07. The first-order chi connectivity index (χ1) is 16.4. The van der Waals surface area contributed by atoms with Crippen molar-refractivity contribution >= 4 is 50.5 Å². The Hall–Kier alpha value is -3.09. The number of alkyl halides is 3. The predicted octanol–water partition coefficient (Wildman–Crippen LogP) is 5.39. The summed E-state index contributed by atoms with van der Waals surface area (Å²) in [5, 5.41) is -0.741. The highest BCUT2D eigenvalue weighted by Gasteiger charge is 2.35. The summed E-state index contributed by atoms with van der Waals surface area (Å²) in [6, 6.07) is 7.05. The Kier molecular flexibility index (Phi) is 6.56. The number of rotatable bonds is 4. The second-order valence-electron chi connectivity index (χ2n) is 7.19. The summed E-state index contributed by atoms with van der Waals surface area (Å²) >= 11 is 11.5. The van der Waals surface area contributed by atoms with Crippen molar-refractivity contribution in [3.05, 3.63) is 75.8 Å². The summed E-state index contributed by atoms with van der Waals surface area (Å²) in [4.78, 5) is 17.6. The number of para-hydroxylation sites is 1. The lowest BCUT2D eigenvalue weighted by molar-refractivity contribution is -0.137. The van der Waals surface area contributed by atoms with Crippen molar-refractivity contribution < 1.29 is 35.5 Å². The molecule has 0 saturated carbocycles. The number of hydrogen-bond donors (Lipinski definition) is 1. The van der Waals surface area contributed by atoms with Crippen LogP contribution in [-0.2, 0) is 16.2 Å². The monoisotopic (exact) mass is 549 g/mol. The molecule has 0 spiro atoms. The van der Waals surface area contributed by atoms with Gasteiger partial charge in [0, 0.05) is 6.20 Å². The number of anilines is 2. The third-order valence-corrected chi connectivity index (χ3v) is 6.80. The molecule has 1 N–H and O–H groups in total. The van der Waals surface area contributed by atoms with Crippen molar-refractivity contribution in [3.8, 4) is 5.75 Å². The van der Waals surface area contributed by atoms with Gasteiger partial charge >= 0.3 is 6.18 Å². The molecule has 3 aromatic rings. The van der Waals surface area contributed by atoms with Gasteiger partial charge in [-0.05, 0) is 36.4 Å². The first kappa shape index (κ1) is 25.0. The molecule has 1 aliphatic heterocycles. The van der Waals surface area contributed by atoms with Crippen LogP contribution in [0, 0.1) is 5.82 Å². The molecular formula is C21H13Cl2F4N3O4S. The average molecular weight is 550 g/mol. The fraction of sp³-hybridized carbons (Fsp3) is 0.143. The minimum absolute atomic E-state index is 0.00207. The highest BCUT2D eigenvalue weighted by molar-refractivity contribution is 7.92. The van der Waals surface area contributed by atoms with E-state index >= 15 is 0 Å². The number of pyridine rings is 1. The maximum Gasteiger partial charge on any atom is 0.417 e. The summed E-state index contributed by atoms with van der Waals surface area (Å²) in [6.45, 7) is -0.0444. The smallest absolute Gasteiger partial charge is 0.417 e. The lowest BCUT2D eigenvalue weighted by Crippen LogP contribution is -2.39. The van der Waals surface area contributed by atoms with Crippen LogP contribution in [0.1, 0.15) is 16.1 Å². The van der Waals surface area contributed by atoms with Crippen LogP contribution >= 0.6 is 23.2 Å². The van der Waals surface area contributed by atoms with Crippen LogP contribution in [0.25, 0.3) is 0 Å². The molecule has 0 radical (unpaired) electrons. The number of carbonyl (C=O) groups excluding carboxylic acids is 1. The molecule has 2 heterocycles. The van der Waals surface area contributed by atoms with E-state index in [1.807, 2.05) is 0 Å². The van der Waals surface area contributed by atoms with Crippen molar-refractivity contribution in [1.82, 2.24) is 4.98 Å². The number of halogens is 6. The zero-order valence-corrected chi connectivity index (χ0v) is 19.6. The second-order valence-corrected chi connectivity index (χ2v) is 9.71. The third kappa shape index (κ3) is 5.00. The van der Waals surface area contributed by atoms with E-state index in [0.717, 1.165) is 35.4 Å². The maximum absolute atomic E-state index is 14.1. The number of hydrogen-bond acceptors (Lipinski definition) is 5. The number of sulfonamides is 1. The average Bonchev–Trinajstić information content (AvgIpc) is 2.78. The number of carbonyl (C=O) groups is 1. The van der Waals surface area contributed by atoms with Gasteiger partial charge in [0.2, 0.25) is 0 Å². The largest absolute Gasteiger partial charge is 0.486 e. The van der Waals surface area contributed by atoms with Crippen molar-refractivity contribution in [2.75, 3.05) is 22.8 Å². The predicted molar refractivity (Wildman–Crippen MR) is 120 cm³/mol. The van der Waals surface area contributed by atoms with E-state index < -0.39 is 54.8 Å². The van der Waals surface area contributed by atoms with E-state index in [1.54, 1.807) is 0 Å². The Morgan fingerprint density at radius 3 is 2.60 bits per heavy atom. The first-order valence-corrected chi connectivity index (χ1v) is 11.9. The molecule has 0 unspecified atom stereocenters. The van der Waals surface area contributed by atoms with Gasteiger partial charge < -0.3 is 4.74 Å². The van der Waals surface area contributed by atoms with Gasteiger partial charge in [0.15, 0.2) is 17.3 Å². The summed E-state index contributed by atoms with van der Waals surface area (Å²) in [5.74, 6) is -1.68. The Morgan fingerprint density at radius 2 is 1.89 bits per heavy atom. The van der Waals surface area contributed by atoms with Gasteiger partial charge in [-0.25, -0.2) is 17.8 Å². The molecule has 2 aromatic carbocycles. The van der Waals surface area contributed by atoms with Crippen LogP contribution in [0.2, 0.25) is 10.0 Å². The molecule has 0 saturated heterocycles. The van der Waals surface area contributed by atoms with Gasteiger partial charge in [-0.2, -0.15) is 13.2 Å². The molecule has 1 amide bonds. The van der Waals surface area contributed by atoms with Crippen LogP contribution in [0.5, 0.6) is 5.75 Å². The second kappa shape index (κ2) is 9.17. The van der Waals surface area contributed by atoms with Crippen molar-refractivity contribution in [2.24, 2.45) is 0 Å². The fourth-order valence-electron chi connectivity index (χ4n) is 3.33. The zero-order valence-electron chi connectivity index (χ0n) is 17.2. The van der Waals surface area contributed by atoms with E-state index in [9.17, 15) is 30.8 Å². The molecule has 4 rings (SSSR count). The molecule has 0 fully saturated rings. The van der Waals surface area contributed by atoms with Crippen LogP contribution in [0.15, 0.2) is 53.6 Å². The quantitative estimate of drug-likeness (QED) is 0.441. The van der Waals surface area contributed by atoms with Gasteiger partial charge in [0.25, 0.3) is 15.9 Å². The lowest BCUT2D eigenvalue weighted by atomic mass is 10.2. The van der Waals surface area contributed by atoms with E-state index in [4.69, 9.17) is 27.9 Å². The topological polar surface area (TPSA) is 88.6 Å². The molecule has 7 nitrogen and oxygen atoms in total. The van der Waals surface area contributed by atoms with E-state index in [2.05, 4.69) is 9.71 Å². The molecule has 0 bridgehead atoms. The van der Waals surface area contributed by atoms with Gasteiger partial charge in [0.1, 0.15) is 6.61 Å². The number of amides is 1. The van der Waals surface area contributed by atoms with Crippen molar-refractivity contribution in [3.63, 3.8) is 0 Å². The standard InChI is InChI=1S/C21H13Cl2F4N3O4S/c22-11-8-16(29-35(32,33)12-4-5-14(23)13(9-12)21(25,26)27)18(28-10-11)20(31)30-6-7-34-19-15(24)2-1-3-17(19)30/h1-5,8-10,29H,6-7H2. The number of aromatic nitrogens is 1. The summed E-state index contributed by atoms with van der Waals surface area (Å²) in [7, 11) is -4.65. The molecule has 14 heteroatoms. The van der Waals surface area contributed by atoms with E-state index in [1.165, 1.54) is 12.1 Å². The van der Waals surface area contributed by atoms with Gasteiger partial charge in [-0.1, -0.05) is 29.3 Å². The first-order valence-electron chi connectivity index (χ1n) is 9.67. The molecule has 1 aliphatic rings. The fourth-order valence-corrected chi connectivity index (χ4v) is 4.80. The maximum atomic E-state index is 14.1.